The number of carbonyl (C=O) groups excluding carboxylic acids is 2. The molecule has 0 spiro atoms. The van der Waals surface area contributed by atoms with Crippen molar-refractivity contribution < 1.29 is 44.3 Å². The molecule has 286 valence electrons. The highest BCUT2D eigenvalue weighted by Crippen LogP contribution is 2.54. The fourth-order valence-corrected chi connectivity index (χ4v) is 7.59. The van der Waals surface area contributed by atoms with E-state index >= 15 is 8.78 Å². The van der Waals surface area contributed by atoms with Gasteiger partial charge in [0, 0.05) is 41.9 Å². The fourth-order valence-electron chi connectivity index (χ4n) is 6.85. The predicted molar refractivity (Wildman–Crippen MR) is 186 cm³/mol. The number of hydrogen-bond acceptors (Lipinski definition) is 7. The second-order valence-electron chi connectivity index (χ2n) is 13.1. The number of hydrogen-bond donors (Lipinski definition) is 3. The minimum absolute atomic E-state index is 0.0140. The van der Waals surface area contributed by atoms with Crippen molar-refractivity contribution in [3.8, 4) is 11.1 Å². The molecule has 0 saturated heterocycles. The van der Waals surface area contributed by atoms with Gasteiger partial charge in [0.2, 0.25) is 21.8 Å². The molecule has 12 nitrogen and oxygen atoms in total. The van der Waals surface area contributed by atoms with E-state index in [1.165, 1.54) is 43.8 Å². The molecule has 3 atom stereocenters. The molecule has 0 unspecified atom stereocenters. The quantitative estimate of drug-likeness (QED) is 0.136. The molecule has 3 aromatic heterocycles. The molecule has 54 heavy (non-hydrogen) atoms. The van der Waals surface area contributed by atoms with E-state index in [1.54, 1.807) is 0 Å². The number of aromatic nitrogens is 5. The van der Waals surface area contributed by atoms with Crippen LogP contribution in [0.15, 0.2) is 42.6 Å². The van der Waals surface area contributed by atoms with Gasteiger partial charge in [-0.05, 0) is 42.2 Å². The second-order valence-corrected chi connectivity index (χ2v) is 15.2. The Morgan fingerprint density at radius 3 is 2.31 bits per heavy atom. The largest absolute Gasteiger partial charge is 0.366 e. The molecule has 1 aliphatic carbocycles. The number of nitrogens with zero attached hydrogens (tertiary/aromatic N) is 5. The molecule has 0 aliphatic heterocycles. The SMILES string of the molecule is C[C@@H]1c2c(C(F)F)nn(CC(=O)N[C@@H](Cc3cc(F)cc(F)c3)c3ncc(C(N)=O)cc3-c3ccc(Cl)c4c(NS(C)(=O)=O)nn(C)c34)c2C(F)(F)[C@@H]1C. The number of amides is 2. The van der Waals surface area contributed by atoms with Crippen LogP contribution in [0.1, 0.15) is 70.8 Å². The molecule has 5 aromatic rings. The van der Waals surface area contributed by atoms with Crippen molar-refractivity contribution in [2.24, 2.45) is 18.7 Å². The topological polar surface area (TPSA) is 167 Å². The Morgan fingerprint density at radius 2 is 1.70 bits per heavy atom. The van der Waals surface area contributed by atoms with Gasteiger partial charge in [0.05, 0.1) is 39.5 Å². The van der Waals surface area contributed by atoms with E-state index < -0.39 is 81.6 Å². The van der Waals surface area contributed by atoms with Crippen molar-refractivity contribution >= 4 is 50.2 Å². The molecule has 2 aromatic carbocycles. The molecule has 1 aliphatic rings. The lowest BCUT2D eigenvalue weighted by Gasteiger charge is -2.23. The van der Waals surface area contributed by atoms with Crippen molar-refractivity contribution in [3.63, 3.8) is 0 Å². The van der Waals surface area contributed by atoms with Gasteiger partial charge >= 0.3 is 0 Å². The number of aryl methyl sites for hydroxylation is 1. The van der Waals surface area contributed by atoms with Crippen LogP contribution in [0.2, 0.25) is 5.02 Å². The Morgan fingerprint density at radius 1 is 1.04 bits per heavy atom. The summed E-state index contributed by atoms with van der Waals surface area (Å²) in [4.78, 5) is 30.6. The van der Waals surface area contributed by atoms with E-state index in [9.17, 15) is 35.6 Å². The number of sulfonamides is 1. The summed E-state index contributed by atoms with van der Waals surface area (Å²) in [6, 6.07) is 5.47. The van der Waals surface area contributed by atoms with Gasteiger partial charge in [-0.2, -0.15) is 19.0 Å². The molecule has 6 rings (SSSR count). The van der Waals surface area contributed by atoms with Gasteiger partial charge in [0.25, 0.3) is 12.3 Å². The monoisotopic (exact) mass is 796 g/mol. The number of rotatable bonds is 11. The zero-order valence-electron chi connectivity index (χ0n) is 28.8. The van der Waals surface area contributed by atoms with Gasteiger partial charge in [0.15, 0.2) is 5.82 Å². The van der Waals surface area contributed by atoms with Crippen LogP contribution in [0.3, 0.4) is 0 Å². The lowest BCUT2D eigenvalue weighted by atomic mass is 9.93. The number of anilines is 1. The van der Waals surface area contributed by atoms with Gasteiger partial charge in [0.1, 0.15) is 29.6 Å². The van der Waals surface area contributed by atoms with Crippen LogP contribution in [0.25, 0.3) is 22.0 Å². The predicted octanol–water partition coefficient (Wildman–Crippen LogP) is 6.12. The van der Waals surface area contributed by atoms with Gasteiger partial charge in [-0.15, -0.1) is 0 Å². The molecule has 0 radical (unpaired) electrons. The summed E-state index contributed by atoms with van der Waals surface area (Å²) >= 11 is 6.52. The van der Waals surface area contributed by atoms with Gasteiger partial charge < -0.3 is 11.1 Å². The van der Waals surface area contributed by atoms with Gasteiger partial charge in [-0.1, -0.05) is 31.5 Å². The Kier molecular flexibility index (Phi) is 9.93. The summed E-state index contributed by atoms with van der Waals surface area (Å²) in [6.45, 7) is 1.62. The third-order valence-corrected chi connectivity index (χ3v) is 10.2. The van der Waals surface area contributed by atoms with E-state index in [1.807, 2.05) is 0 Å². The maximum absolute atomic E-state index is 15.5. The van der Waals surface area contributed by atoms with Crippen LogP contribution in [-0.4, -0.2) is 51.0 Å². The molecule has 0 bridgehead atoms. The molecule has 20 heteroatoms. The van der Waals surface area contributed by atoms with Crippen molar-refractivity contribution in [2.45, 2.75) is 51.1 Å². The summed E-state index contributed by atoms with van der Waals surface area (Å²) < 4.78 is 116. The van der Waals surface area contributed by atoms with Crippen LogP contribution in [0.4, 0.5) is 32.2 Å². The average molecular weight is 797 g/mol. The number of pyridine rings is 1. The van der Waals surface area contributed by atoms with E-state index in [-0.39, 0.29) is 61.7 Å². The molecular formula is C34H31ClF6N8O4S. The highest BCUT2D eigenvalue weighted by Gasteiger charge is 2.55. The van der Waals surface area contributed by atoms with Crippen molar-refractivity contribution in [3.05, 3.63) is 93.0 Å². The first kappa shape index (κ1) is 38.6. The number of benzene rings is 2. The standard InChI is InChI=1S/C34H31ClF6N8O4S/c1-14-15(2)34(40,41)30-25(14)28(31(38)39)45-49(30)13-24(50)44-23(9-16-7-18(36)11-19(37)8-16)27-21(10-17(12-43-27)32(42)51)20-5-6-22(35)26-29(20)48(3)46-33(26)47-54(4,52)53/h5-8,10-12,14-15,23,31H,9,13H2,1-4H3,(H2,42,51)(H,44,50)(H,46,47)/t14-,15+,23-/m0/s1. The van der Waals surface area contributed by atoms with E-state index in [2.05, 4.69) is 25.2 Å². The smallest absolute Gasteiger partial charge is 0.292 e. The van der Waals surface area contributed by atoms with Crippen molar-refractivity contribution in [1.82, 2.24) is 29.9 Å². The molecule has 0 fully saturated rings. The Hall–Kier alpha value is -5.17. The van der Waals surface area contributed by atoms with Crippen LogP contribution in [0.5, 0.6) is 0 Å². The summed E-state index contributed by atoms with van der Waals surface area (Å²) in [5.74, 6) is -9.96. The fraction of sp³-hybridized carbons (Fsp3) is 0.324. The first-order valence-corrected chi connectivity index (χ1v) is 18.4. The maximum atomic E-state index is 15.5. The van der Waals surface area contributed by atoms with E-state index in [0.717, 1.165) is 24.6 Å². The number of nitrogens with one attached hydrogen (secondary N) is 2. The highest BCUT2D eigenvalue weighted by molar-refractivity contribution is 7.92. The summed E-state index contributed by atoms with van der Waals surface area (Å²) in [5, 5.41) is 10.8. The maximum Gasteiger partial charge on any atom is 0.292 e. The third kappa shape index (κ3) is 7.08. The van der Waals surface area contributed by atoms with Crippen molar-refractivity contribution in [1.29, 1.82) is 0 Å². The Balaban J connectivity index is 1.51. The summed E-state index contributed by atoms with van der Waals surface area (Å²) in [7, 11) is -2.38. The first-order valence-electron chi connectivity index (χ1n) is 16.1. The molecule has 0 saturated carbocycles. The van der Waals surface area contributed by atoms with Crippen molar-refractivity contribution in [2.75, 3.05) is 11.0 Å². The minimum atomic E-state index is -3.85. The van der Waals surface area contributed by atoms with Crippen LogP contribution in [-0.2, 0) is 40.8 Å². The third-order valence-electron chi connectivity index (χ3n) is 9.35. The number of fused-ring (bicyclic) bond motifs is 2. The van der Waals surface area contributed by atoms with Gasteiger partial charge in [-0.25, -0.2) is 26.0 Å². The van der Waals surface area contributed by atoms with Gasteiger partial charge in [-0.3, -0.25) is 28.7 Å². The zero-order valence-corrected chi connectivity index (χ0v) is 30.3. The molecular weight excluding hydrogens is 766 g/mol. The Labute approximate surface area is 308 Å². The summed E-state index contributed by atoms with van der Waals surface area (Å²) in [6.07, 6.45) is -1.60. The summed E-state index contributed by atoms with van der Waals surface area (Å²) in [5.41, 5.74) is 3.95. The second kappa shape index (κ2) is 13.9. The number of primary amides is 1. The number of carbonyl (C=O) groups is 2. The lowest BCUT2D eigenvalue weighted by Crippen LogP contribution is -2.35. The van der Waals surface area contributed by atoms with E-state index in [4.69, 9.17) is 17.3 Å². The molecule has 4 N–H and O–H groups in total. The van der Waals surface area contributed by atoms with Crippen LogP contribution in [0, 0.1) is 17.6 Å². The molecule has 2 amide bonds. The van der Waals surface area contributed by atoms with Crippen LogP contribution < -0.4 is 15.8 Å². The normalized spacial score (nSPS) is 17.2. The minimum Gasteiger partial charge on any atom is -0.366 e. The number of nitrogens with two attached hydrogens (primary N) is 1. The lowest BCUT2D eigenvalue weighted by molar-refractivity contribution is -0.123. The zero-order chi connectivity index (χ0) is 39.6. The average Bonchev–Trinajstić information content (AvgIpc) is 3.65. The van der Waals surface area contributed by atoms with E-state index in [0.29, 0.717) is 10.7 Å². The number of halogens is 7. The number of alkyl halides is 4. The Bertz CT molecular complexity index is 2440. The highest BCUT2D eigenvalue weighted by atomic mass is 35.5. The van der Waals surface area contributed by atoms with Crippen LogP contribution >= 0.6 is 11.6 Å². The molecule has 3 heterocycles. The first-order chi connectivity index (χ1) is 25.2.